The molecule has 22 heavy (non-hydrogen) atoms. The predicted molar refractivity (Wildman–Crippen MR) is 99.4 cm³/mol. The van der Waals surface area contributed by atoms with Gasteiger partial charge in [0.2, 0.25) is 0 Å². The summed E-state index contributed by atoms with van der Waals surface area (Å²) in [6.45, 7) is 1.54. The number of rotatable bonds is 6. The summed E-state index contributed by atoms with van der Waals surface area (Å²) >= 11 is 0. The topological polar surface area (TPSA) is 67.1 Å². The third-order valence-corrected chi connectivity index (χ3v) is 3.08. The maximum absolute atomic E-state index is 4.27. The minimum absolute atomic E-state index is 0. The molecule has 0 unspecified atom stereocenters. The summed E-state index contributed by atoms with van der Waals surface area (Å²) in [6, 6.07) is 5.88. The first-order valence-electron chi connectivity index (χ1n) is 7.10. The van der Waals surface area contributed by atoms with E-state index < -0.39 is 0 Å². The van der Waals surface area contributed by atoms with Crippen LogP contribution in [-0.4, -0.2) is 34.3 Å². The molecule has 2 heterocycles. The molecule has 0 aliphatic rings. The third kappa shape index (κ3) is 6.42. The van der Waals surface area contributed by atoms with Crippen LogP contribution >= 0.6 is 24.0 Å². The predicted octanol–water partition coefficient (Wildman–Crippen LogP) is 1.73. The minimum Gasteiger partial charge on any atom is -0.356 e. The van der Waals surface area contributed by atoms with Gasteiger partial charge in [0, 0.05) is 33.0 Å². The second-order valence-electron chi connectivity index (χ2n) is 4.80. The summed E-state index contributed by atoms with van der Waals surface area (Å²) in [5, 5.41) is 10.7. The second-order valence-corrected chi connectivity index (χ2v) is 4.80. The number of aryl methyl sites for hydroxylation is 2. The average molecular weight is 414 g/mol. The van der Waals surface area contributed by atoms with Gasteiger partial charge in [-0.15, -0.1) is 24.0 Å². The number of hydrogen-bond donors (Lipinski definition) is 2. The number of aliphatic imine (C=N–C) groups is 1. The molecular formula is C15H23IN6. The maximum atomic E-state index is 4.27. The highest BCUT2D eigenvalue weighted by Crippen LogP contribution is 1.99. The highest BCUT2D eigenvalue weighted by Gasteiger charge is 2.00. The van der Waals surface area contributed by atoms with Gasteiger partial charge in [0.05, 0.1) is 18.4 Å². The molecular weight excluding hydrogens is 391 g/mol. The van der Waals surface area contributed by atoms with Gasteiger partial charge >= 0.3 is 0 Å². The van der Waals surface area contributed by atoms with Crippen molar-refractivity contribution in [3.05, 3.63) is 48.0 Å². The molecule has 0 aromatic carbocycles. The average Bonchev–Trinajstić information content (AvgIpc) is 2.93. The normalized spacial score (nSPS) is 10.9. The Morgan fingerprint density at radius 2 is 2.18 bits per heavy atom. The van der Waals surface area contributed by atoms with Gasteiger partial charge in [-0.2, -0.15) is 5.10 Å². The van der Waals surface area contributed by atoms with E-state index in [-0.39, 0.29) is 24.0 Å². The Morgan fingerprint density at radius 1 is 1.32 bits per heavy atom. The Bertz CT molecular complexity index is 566. The van der Waals surface area contributed by atoms with E-state index in [2.05, 4.69) is 25.7 Å². The largest absolute Gasteiger partial charge is 0.356 e. The molecule has 0 saturated carbocycles. The van der Waals surface area contributed by atoms with Crippen molar-refractivity contribution in [2.24, 2.45) is 12.0 Å². The first-order chi connectivity index (χ1) is 10.3. The van der Waals surface area contributed by atoms with Gasteiger partial charge in [0.15, 0.2) is 5.96 Å². The van der Waals surface area contributed by atoms with Crippen molar-refractivity contribution in [3.8, 4) is 0 Å². The first-order valence-corrected chi connectivity index (χ1v) is 7.10. The molecule has 120 valence electrons. The summed E-state index contributed by atoms with van der Waals surface area (Å²) in [5.74, 6) is 0.798. The van der Waals surface area contributed by atoms with Crippen molar-refractivity contribution in [2.75, 3.05) is 13.6 Å². The highest BCUT2D eigenvalue weighted by molar-refractivity contribution is 14.0. The van der Waals surface area contributed by atoms with E-state index in [0.717, 1.165) is 31.0 Å². The number of nitrogens with zero attached hydrogens (tertiary/aromatic N) is 4. The van der Waals surface area contributed by atoms with Crippen LogP contribution in [0.2, 0.25) is 0 Å². The van der Waals surface area contributed by atoms with Crippen LogP contribution < -0.4 is 10.6 Å². The Labute approximate surface area is 148 Å². The van der Waals surface area contributed by atoms with E-state index >= 15 is 0 Å². The molecule has 0 aliphatic carbocycles. The van der Waals surface area contributed by atoms with Crippen LogP contribution in [-0.2, 0) is 20.0 Å². The zero-order valence-corrected chi connectivity index (χ0v) is 15.3. The number of hydrogen-bond acceptors (Lipinski definition) is 3. The van der Waals surface area contributed by atoms with Crippen molar-refractivity contribution < 1.29 is 0 Å². The first kappa shape index (κ1) is 18.4. The van der Waals surface area contributed by atoms with Crippen molar-refractivity contribution >= 4 is 29.9 Å². The Kier molecular flexibility index (Phi) is 8.49. The number of guanidine groups is 1. The lowest BCUT2D eigenvalue weighted by molar-refractivity contribution is 0.735. The van der Waals surface area contributed by atoms with E-state index in [1.54, 1.807) is 13.2 Å². The fourth-order valence-electron chi connectivity index (χ4n) is 2.00. The van der Waals surface area contributed by atoms with Crippen molar-refractivity contribution in [1.82, 2.24) is 25.4 Å². The van der Waals surface area contributed by atoms with Crippen LogP contribution in [0.5, 0.6) is 0 Å². The summed E-state index contributed by atoms with van der Waals surface area (Å²) in [5.41, 5.74) is 2.26. The Morgan fingerprint density at radius 3 is 2.82 bits per heavy atom. The number of nitrogens with one attached hydrogen (secondary N) is 2. The molecule has 7 heteroatoms. The van der Waals surface area contributed by atoms with E-state index in [9.17, 15) is 0 Å². The molecule has 0 aliphatic heterocycles. The summed E-state index contributed by atoms with van der Waals surface area (Å²) in [6.07, 6.45) is 7.80. The second kappa shape index (κ2) is 10.1. The van der Waals surface area contributed by atoms with Crippen molar-refractivity contribution in [1.29, 1.82) is 0 Å². The molecule has 2 rings (SSSR count). The molecule has 2 N–H and O–H groups in total. The van der Waals surface area contributed by atoms with Gasteiger partial charge < -0.3 is 10.6 Å². The molecule has 0 saturated heterocycles. The van der Waals surface area contributed by atoms with Crippen LogP contribution in [0.1, 0.15) is 17.7 Å². The standard InChI is InChI=1S/C15H22N6.HI/c1-16-15(19-11-14-7-3-4-8-17-14)18-9-5-6-13-10-20-21(2)12-13;/h3-4,7-8,10,12H,5-6,9,11H2,1-2H3,(H2,16,18,19);1H. The van der Waals surface area contributed by atoms with E-state index in [1.165, 1.54) is 5.56 Å². The summed E-state index contributed by atoms with van der Waals surface area (Å²) in [4.78, 5) is 8.47. The summed E-state index contributed by atoms with van der Waals surface area (Å²) < 4.78 is 1.83. The third-order valence-electron chi connectivity index (χ3n) is 3.08. The molecule has 0 atom stereocenters. The van der Waals surface area contributed by atoms with Gasteiger partial charge in [0.1, 0.15) is 0 Å². The quantitative estimate of drug-likeness (QED) is 0.327. The summed E-state index contributed by atoms with van der Waals surface area (Å²) in [7, 11) is 3.71. The van der Waals surface area contributed by atoms with Gasteiger partial charge in [-0.25, -0.2) is 0 Å². The van der Waals surface area contributed by atoms with Crippen LogP contribution in [0, 0.1) is 0 Å². The Balaban J connectivity index is 0.00000242. The molecule has 0 fully saturated rings. The fraction of sp³-hybridized carbons (Fsp3) is 0.400. The molecule has 0 bridgehead atoms. The number of aromatic nitrogens is 3. The Hall–Kier alpha value is -1.64. The number of pyridine rings is 1. The van der Waals surface area contributed by atoms with Gasteiger partial charge in [-0.05, 0) is 30.5 Å². The lowest BCUT2D eigenvalue weighted by Crippen LogP contribution is -2.37. The molecule has 0 amide bonds. The van der Waals surface area contributed by atoms with Crippen molar-refractivity contribution in [3.63, 3.8) is 0 Å². The van der Waals surface area contributed by atoms with Gasteiger partial charge in [-0.3, -0.25) is 14.7 Å². The zero-order chi connectivity index (χ0) is 14.9. The fourth-order valence-corrected chi connectivity index (χ4v) is 2.00. The lowest BCUT2D eigenvalue weighted by atomic mass is 10.2. The maximum Gasteiger partial charge on any atom is 0.191 e. The lowest BCUT2D eigenvalue weighted by Gasteiger charge is -2.11. The minimum atomic E-state index is 0. The van der Waals surface area contributed by atoms with Crippen LogP contribution in [0.3, 0.4) is 0 Å². The monoisotopic (exact) mass is 414 g/mol. The molecule has 0 radical (unpaired) electrons. The van der Waals surface area contributed by atoms with E-state index in [1.807, 2.05) is 42.3 Å². The molecule has 0 spiro atoms. The van der Waals surface area contributed by atoms with Gasteiger partial charge in [0.25, 0.3) is 0 Å². The van der Waals surface area contributed by atoms with Crippen LogP contribution in [0.4, 0.5) is 0 Å². The van der Waals surface area contributed by atoms with Crippen LogP contribution in [0.15, 0.2) is 41.8 Å². The molecule has 2 aromatic rings. The molecule has 2 aromatic heterocycles. The smallest absolute Gasteiger partial charge is 0.191 e. The van der Waals surface area contributed by atoms with E-state index in [4.69, 9.17) is 0 Å². The molecule has 6 nitrogen and oxygen atoms in total. The van der Waals surface area contributed by atoms with Gasteiger partial charge in [-0.1, -0.05) is 6.07 Å². The zero-order valence-electron chi connectivity index (χ0n) is 13.0. The number of halogens is 1. The SMILES string of the molecule is CN=C(NCCCc1cnn(C)c1)NCc1ccccn1.I. The highest BCUT2D eigenvalue weighted by atomic mass is 127. The van der Waals surface area contributed by atoms with Crippen LogP contribution in [0.25, 0.3) is 0 Å². The van der Waals surface area contributed by atoms with Crippen molar-refractivity contribution in [2.45, 2.75) is 19.4 Å². The van der Waals surface area contributed by atoms with E-state index in [0.29, 0.717) is 6.54 Å².